The molecular formula is C30H32N2. The Hall–Kier alpha value is -2.74. The van der Waals surface area contributed by atoms with Gasteiger partial charge in [-0.15, -0.1) is 0 Å². The third-order valence-electron chi connectivity index (χ3n) is 7.76. The summed E-state index contributed by atoms with van der Waals surface area (Å²) in [5, 5.41) is 0. The molecule has 32 heavy (non-hydrogen) atoms. The Morgan fingerprint density at radius 2 is 1.03 bits per heavy atom. The van der Waals surface area contributed by atoms with E-state index in [0.717, 1.165) is 38.5 Å². The van der Waals surface area contributed by atoms with Gasteiger partial charge in [-0.1, -0.05) is 64.1 Å². The zero-order chi connectivity index (χ0) is 22.0. The molecule has 2 heterocycles. The highest BCUT2D eigenvalue weighted by Crippen LogP contribution is 2.43. The summed E-state index contributed by atoms with van der Waals surface area (Å²) in [6.45, 7) is 9.05. The van der Waals surface area contributed by atoms with Crippen LogP contribution in [0.1, 0.15) is 75.6 Å². The zero-order valence-corrected chi connectivity index (χ0v) is 19.8. The van der Waals surface area contributed by atoms with Gasteiger partial charge in [0.05, 0.1) is 0 Å². The SMILES string of the molecule is CC(C)C1=NC2=C(C1)c1ccc(-c3ccc4c(c3)CCC3=C4CC(C(C)C)=N3)cc1CC2. The molecule has 0 atom stereocenters. The van der Waals surface area contributed by atoms with Gasteiger partial charge >= 0.3 is 0 Å². The summed E-state index contributed by atoms with van der Waals surface area (Å²) in [6, 6.07) is 14.3. The van der Waals surface area contributed by atoms with Crippen LogP contribution >= 0.6 is 0 Å². The second-order valence-electron chi connectivity index (χ2n) is 10.5. The first-order chi connectivity index (χ1) is 15.5. The Morgan fingerprint density at radius 1 is 0.594 bits per heavy atom. The molecule has 2 aliphatic carbocycles. The van der Waals surface area contributed by atoms with Gasteiger partial charge in [0.1, 0.15) is 0 Å². The van der Waals surface area contributed by atoms with Crippen molar-refractivity contribution < 1.29 is 0 Å². The van der Waals surface area contributed by atoms with Crippen molar-refractivity contribution in [3.05, 3.63) is 70.0 Å². The molecule has 162 valence electrons. The first-order valence-electron chi connectivity index (χ1n) is 12.3. The lowest BCUT2D eigenvalue weighted by molar-refractivity contribution is 0.867. The number of aliphatic imine (C=N–C) groups is 2. The lowest BCUT2D eigenvalue weighted by Gasteiger charge is -2.21. The van der Waals surface area contributed by atoms with Crippen molar-refractivity contribution in [2.24, 2.45) is 21.8 Å². The predicted octanol–water partition coefficient (Wildman–Crippen LogP) is 7.67. The van der Waals surface area contributed by atoms with Crippen LogP contribution in [0.15, 0.2) is 57.8 Å². The van der Waals surface area contributed by atoms with Crippen molar-refractivity contribution in [1.82, 2.24) is 0 Å². The van der Waals surface area contributed by atoms with Crippen LogP contribution in [0, 0.1) is 11.8 Å². The fourth-order valence-electron chi connectivity index (χ4n) is 5.76. The molecule has 2 aromatic rings. The molecule has 0 bridgehead atoms. The van der Waals surface area contributed by atoms with Crippen LogP contribution in [0.3, 0.4) is 0 Å². The van der Waals surface area contributed by atoms with Gasteiger partial charge in [-0.05, 0) is 82.0 Å². The minimum absolute atomic E-state index is 0.538. The first-order valence-corrected chi connectivity index (χ1v) is 12.3. The zero-order valence-electron chi connectivity index (χ0n) is 19.8. The molecule has 0 fully saturated rings. The second kappa shape index (κ2) is 7.40. The number of rotatable bonds is 3. The summed E-state index contributed by atoms with van der Waals surface area (Å²) in [5.74, 6) is 1.08. The third-order valence-corrected chi connectivity index (χ3v) is 7.76. The van der Waals surface area contributed by atoms with Gasteiger partial charge in [-0.3, -0.25) is 9.98 Å². The average Bonchev–Trinajstić information content (AvgIpc) is 3.43. The molecule has 6 rings (SSSR count). The molecule has 0 saturated carbocycles. The predicted molar refractivity (Wildman–Crippen MR) is 136 cm³/mol. The van der Waals surface area contributed by atoms with Gasteiger partial charge in [-0.25, -0.2) is 0 Å². The molecule has 0 saturated heterocycles. The van der Waals surface area contributed by atoms with Crippen molar-refractivity contribution in [1.29, 1.82) is 0 Å². The van der Waals surface area contributed by atoms with E-state index < -0.39 is 0 Å². The summed E-state index contributed by atoms with van der Waals surface area (Å²) < 4.78 is 0. The van der Waals surface area contributed by atoms with Gasteiger partial charge in [0.15, 0.2) is 0 Å². The minimum Gasteiger partial charge on any atom is -0.261 e. The maximum Gasteiger partial charge on any atom is 0.0448 e. The van der Waals surface area contributed by atoms with Gasteiger partial charge in [-0.2, -0.15) is 0 Å². The van der Waals surface area contributed by atoms with E-state index >= 15 is 0 Å². The molecule has 2 aromatic carbocycles. The van der Waals surface area contributed by atoms with Gasteiger partial charge < -0.3 is 0 Å². The third kappa shape index (κ3) is 3.15. The molecule has 2 nitrogen and oxygen atoms in total. The number of hydrogen-bond acceptors (Lipinski definition) is 2. The highest BCUT2D eigenvalue weighted by Gasteiger charge is 2.28. The maximum absolute atomic E-state index is 4.96. The number of nitrogens with zero attached hydrogens (tertiary/aromatic N) is 2. The number of fused-ring (bicyclic) bond motifs is 4. The van der Waals surface area contributed by atoms with E-state index in [9.17, 15) is 0 Å². The van der Waals surface area contributed by atoms with Crippen LogP contribution in [0.2, 0.25) is 0 Å². The lowest BCUT2D eigenvalue weighted by Crippen LogP contribution is -2.06. The van der Waals surface area contributed by atoms with Crippen LogP contribution in [-0.2, 0) is 12.8 Å². The van der Waals surface area contributed by atoms with Crippen molar-refractivity contribution in [3.8, 4) is 11.1 Å². The monoisotopic (exact) mass is 420 g/mol. The molecule has 0 aromatic heterocycles. The molecule has 0 amide bonds. The van der Waals surface area contributed by atoms with E-state index in [0.29, 0.717) is 11.8 Å². The van der Waals surface area contributed by atoms with Crippen LogP contribution in [0.25, 0.3) is 22.3 Å². The summed E-state index contributed by atoms with van der Waals surface area (Å²) in [5.41, 5.74) is 16.9. The molecule has 0 unspecified atom stereocenters. The van der Waals surface area contributed by atoms with E-state index in [1.165, 1.54) is 67.3 Å². The standard InChI is InChI=1S/C30H32N2/c1-17(2)29-15-25-23-9-5-19(13-21(23)7-11-27(25)31-29)20-6-10-24-22(14-20)8-12-28-26(24)16-30(32-28)18(3)4/h5-6,9-10,13-14,17-18H,7-8,11-12,15-16H2,1-4H3. The fraction of sp³-hybridized carbons (Fsp3) is 0.400. The Bertz CT molecular complexity index is 1160. The summed E-state index contributed by atoms with van der Waals surface area (Å²) in [6.07, 6.45) is 6.45. The molecule has 0 radical (unpaired) electrons. The van der Waals surface area contributed by atoms with Crippen molar-refractivity contribution >= 4 is 22.6 Å². The molecule has 2 aliphatic heterocycles. The summed E-state index contributed by atoms with van der Waals surface area (Å²) >= 11 is 0. The quantitative estimate of drug-likeness (QED) is 0.487. The minimum atomic E-state index is 0.538. The number of aryl methyl sites for hydroxylation is 2. The van der Waals surface area contributed by atoms with Crippen LogP contribution in [0.4, 0.5) is 0 Å². The smallest absolute Gasteiger partial charge is 0.0448 e. The van der Waals surface area contributed by atoms with Crippen molar-refractivity contribution in [2.75, 3.05) is 0 Å². The normalized spacial score (nSPS) is 19.2. The van der Waals surface area contributed by atoms with Gasteiger partial charge in [0, 0.05) is 35.7 Å². The Labute approximate surface area is 191 Å². The van der Waals surface area contributed by atoms with E-state index in [1.54, 1.807) is 0 Å². The summed E-state index contributed by atoms with van der Waals surface area (Å²) in [4.78, 5) is 9.92. The molecule has 4 aliphatic rings. The van der Waals surface area contributed by atoms with Crippen LogP contribution in [-0.4, -0.2) is 11.4 Å². The number of allylic oxidation sites excluding steroid dienone is 4. The molecular weight excluding hydrogens is 388 g/mol. The van der Waals surface area contributed by atoms with Gasteiger partial charge in [0.2, 0.25) is 0 Å². The molecule has 0 N–H and O–H groups in total. The molecule has 0 spiro atoms. The maximum atomic E-state index is 4.96. The molecule has 2 heteroatoms. The van der Waals surface area contributed by atoms with Crippen LogP contribution < -0.4 is 0 Å². The Kier molecular flexibility index (Phi) is 4.61. The highest BCUT2D eigenvalue weighted by atomic mass is 14.8. The Morgan fingerprint density at radius 3 is 1.44 bits per heavy atom. The van der Waals surface area contributed by atoms with Crippen molar-refractivity contribution in [2.45, 2.75) is 66.2 Å². The Balaban J connectivity index is 1.30. The van der Waals surface area contributed by atoms with E-state index in [4.69, 9.17) is 9.98 Å². The topological polar surface area (TPSA) is 24.7 Å². The average molecular weight is 421 g/mol. The number of hydrogen-bond donors (Lipinski definition) is 0. The van der Waals surface area contributed by atoms with Crippen LogP contribution in [0.5, 0.6) is 0 Å². The lowest BCUT2D eigenvalue weighted by atomic mass is 9.83. The van der Waals surface area contributed by atoms with E-state index in [-0.39, 0.29) is 0 Å². The highest BCUT2D eigenvalue weighted by molar-refractivity contribution is 6.02. The largest absolute Gasteiger partial charge is 0.261 e. The van der Waals surface area contributed by atoms with Crippen molar-refractivity contribution in [3.63, 3.8) is 0 Å². The van der Waals surface area contributed by atoms with E-state index in [2.05, 4.69) is 64.1 Å². The second-order valence-corrected chi connectivity index (χ2v) is 10.5. The fourth-order valence-corrected chi connectivity index (χ4v) is 5.76. The number of benzene rings is 2. The summed E-state index contributed by atoms with van der Waals surface area (Å²) in [7, 11) is 0. The first kappa shape index (κ1) is 19.9. The van der Waals surface area contributed by atoms with Gasteiger partial charge in [0.25, 0.3) is 0 Å². The van der Waals surface area contributed by atoms with E-state index in [1.807, 2.05) is 0 Å².